The first-order valence-electron chi connectivity index (χ1n) is 10.7. The van der Waals surface area contributed by atoms with E-state index in [4.69, 9.17) is 24.7 Å². The fourth-order valence-electron chi connectivity index (χ4n) is 3.83. The summed E-state index contributed by atoms with van der Waals surface area (Å²) in [6.45, 7) is -0.0971. The SMILES string of the molecule is COc1cc(Sc2ccc(C#N)c(NC3CCC(OC(=O)CN)CC3)c2)cc(OC)c1OC. The normalized spacial score (nSPS) is 17.5. The standard InChI is InChI=1S/C24H29N3O5S/c1-29-21-11-19(12-22(30-2)24(21)31-3)33-18-9-4-15(13-25)20(10-18)27-16-5-7-17(8-6-16)32-23(28)14-26/h4,9-12,16-17,27H,5-8,14,26H2,1-3H3. The zero-order chi connectivity index (χ0) is 23.8. The Hall–Kier alpha value is -3.09. The van der Waals surface area contributed by atoms with Crippen LogP contribution in [0.5, 0.6) is 17.2 Å². The lowest BCUT2D eigenvalue weighted by molar-refractivity contribution is -0.148. The van der Waals surface area contributed by atoms with Crippen LogP contribution in [0.3, 0.4) is 0 Å². The molecule has 0 saturated heterocycles. The molecule has 0 aromatic heterocycles. The number of ether oxygens (including phenoxy) is 4. The number of methoxy groups -OCH3 is 3. The number of benzene rings is 2. The molecule has 9 heteroatoms. The van der Waals surface area contributed by atoms with Gasteiger partial charge < -0.3 is 30.0 Å². The molecule has 1 fully saturated rings. The van der Waals surface area contributed by atoms with Crippen molar-refractivity contribution in [2.45, 2.75) is 47.6 Å². The number of nitrogens with one attached hydrogen (secondary N) is 1. The third-order valence-corrected chi connectivity index (χ3v) is 6.45. The minimum atomic E-state index is -0.366. The van der Waals surface area contributed by atoms with Crippen LogP contribution in [0.15, 0.2) is 40.1 Å². The van der Waals surface area contributed by atoms with Crippen molar-refractivity contribution in [3.63, 3.8) is 0 Å². The molecule has 1 aliphatic rings. The van der Waals surface area contributed by atoms with Gasteiger partial charge in [-0.1, -0.05) is 11.8 Å². The Morgan fingerprint density at radius 3 is 2.27 bits per heavy atom. The van der Waals surface area contributed by atoms with Crippen molar-refractivity contribution in [3.8, 4) is 23.3 Å². The summed E-state index contributed by atoms with van der Waals surface area (Å²) >= 11 is 1.54. The summed E-state index contributed by atoms with van der Waals surface area (Å²) in [5.74, 6) is 1.34. The van der Waals surface area contributed by atoms with Crippen LogP contribution in [-0.4, -0.2) is 46.0 Å². The van der Waals surface area contributed by atoms with Gasteiger partial charge >= 0.3 is 5.97 Å². The summed E-state index contributed by atoms with van der Waals surface area (Å²) in [5, 5.41) is 13.1. The predicted molar refractivity (Wildman–Crippen MR) is 126 cm³/mol. The Kier molecular flexibility index (Phi) is 8.69. The van der Waals surface area contributed by atoms with E-state index in [2.05, 4.69) is 11.4 Å². The van der Waals surface area contributed by atoms with Gasteiger partial charge in [0.15, 0.2) is 11.5 Å². The first-order chi connectivity index (χ1) is 16.0. The summed E-state index contributed by atoms with van der Waals surface area (Å²) in [5.41, 5.74) is 6.70. The van der Waals surface area contributed by atoms with Crippen LogP contribution in [0.2, 0.25) is 0 Å². The molecule has 8 nitrogen and oxygen atoms in total. The maximum atomic E-state index is 11.4. The first kappa shape index (κ1) is 24.6. The lowest BCUT2D eigenvalue weighted by Crippen LogP contribution is -2.32. The summed E-state index contributed by atoms with van der Waals surface area (Å²) in [6.07, 6.45) is 3.14. The average molecular weight is 472 g/mol. The summed E-state index contributed by atoms with van der Waals surface area (Å²) in [6, 6.07) is 12.0. The Bertz CT molecular complexity index is 991. The van der Waals surface area contributed by atoms with Crippen molar-refractivity contribution >= 4 is 23.4 Å². The molecule has 33 heavy (non-hydrogen) atoms. The van der Waals surface area contributed by atoms with E-state index >= 15 is 0 Å². The van der Waals surface area contributed by atoms with Crippen molar-refractivity contribution < 1.29 is 23.7 Å². The van der Waals surface area contributed by atoms with Gasteiger partial charge in [-0.05, 0) is 56.0 Å². The van der Waals surface area contributed by atoms with Crippen molar-refractivity contribution in [2.24, 2.45) is 5.73 Å². The van der Waals surface area contributed by atoms with E-state index in [0.717, 1.165) is 41.2 Å². The third kappa shape index (κ3) is 6.24. The lowest BCUT2D eigenvalue weighted by atomic mass is 9.92. The fraction of sp³-hybridized carbons (Fsp3) is 0.417. The van der Waals surface area contributed by atoms with E-state index in [-0.39, 0.29) is 24.7 Å². The van der Waals surface area contributed by atoms with Gasteiger partial charge in [0.1, 0.15) is 12.2 Å². The minimum Gasteiger partial charge on any atom is -0.493 e. The minimum absolute atomic E-state index is 0.0866. The van der Waals surface area contributed by atoms with E-state index < -0.39 is 0 Å². The van der Waals surface area contributed by atoms with Crippen molar-refractivity contribution in [3.05, 3.63) is 35.9 Å². The van der Waals surface area contributed by atoms with E-state index in [1.165, 1.54) is 11.8 Å². The quantitative estimate of drug-likeness (QED) is 0.524. The monoisotopic (exact) mass is 471 g/mol. The molecule has 2 aromatic carbocycles. The molecule has 0 bridgehead atoms. The highest BCUT2D eigenvalue weighted by molar-refractivity contribution is 7.99. The molecular formula is C24H29N3O5S. The molecule has 2 aromatic rings. The van der Waals surface area contributed by atoms with Gasteiger partial charge in [0.2, 0.25) is 5.75 Å². The number of hydrogen-bond donors (Lipinski definition) is 2. The molecule has 0 heterocycles. The molecule has 0 atom stereocenters. The van der Waals surface area contributed by atoms with Crippen molar-refractivity contribution in [2.75, 3.05) is 33.2 Å². The van der Waals surface area contributed by atoms with E-state index in [0.29, 0.717) is 22.8 Å². The molecule has 1 saturated carbocycles. The molecule has 3 rings (SSSR count). The van der Waals surface area contributed by atoms with Crippen LogP contribution < -0.4 is 25.3 Å². The van der Waals surface area contributed by atoms with Crippen LogP contribution in [0.25, 0.3) is 0 Å². The van der Waals surface area contributed by atoms with Gasteiger partial charge in [-0.2, -0.15) is 5.26 Å². The number of anilines is 1. The number of nitrogens with two attached hydrogens (primary N) is 1. The average Bonchev–Trinajstić information content (AvgIpc) is 2.84. The highest BCUT2D eigenvalue weighted by Crippen LogP contribution is 2.43. The maximum absolute atomic E-state index is 11.4. The number of nitrogens with zero attached hydrogens (tertiary/aromatic N) is 1. The Morgan fingerprint density at radius 1 is 1.06 bits per heavy atom. The highest BCUT2D eigenvalue weighted by atomic mass is 32.2. The molecule has 0 spiro atoms. The van der Waals surface area contributed by atoms with E-state index in [9.17, 15) is 10.1 Å². The summed E-state index contributed by atoms with van der Waals surface area (Å²) in [7, 11) is 4.74. The maximum Gasteiger partial charge on any atom is 0.319 e. The van der Waals surface area contributed by atoms with Gasteiger partial charge in [0.05, 0.1) is 39.1 Å². The molecule has 1 aliphatic carbocycles. The number of carbonyl (C=O) groups excluding carboxylic acids is 1. The molecule has 0 unspecified atom stereocenters. The van der Waals surface area contributed by atoms with Crippen LogP contribution in [0.4, 0.5) is 5.69 Å². The second kappa shape index (κ2) is 11.7. The van der Waals surface area contributed by atoms with Gasteiger partial charge in [-0.25, -0.2) is 0 Å². The second-order valence-corrected chi connectivity index (χ2v) is 8.74. The van der Waals surface area contributed by atoms with Gasteiger partial charge in [-0.15, -0.1) is 0 Å². The number of carbonyl (C=O) groups is 1. The summed E-state index contributed by atoms with van der Waals surface area (Å²) < 4.78 is 21.6. The van der Waals surface area contributed by atoms with Gasteiger partial charge in [-0.3, -0.25) is 4.79 Å². The van der Waals surface area contributed by atoms with Crippen molar-refractivity contribution in [1.82, 2.24) is 0 Å². The molecule has 0 aliphatic heterocycles. The number of esters is 1. The van der Waals surface area contributed by atoms with E-state index in [1.807, 2.05) is 30.3 Å². The lowest BCUT2D eigenvalue weighted by Gasteiger charge is -2.29. The molecule has 0 amide bonds. The first-order valence-corrected chi connectivity index (χ1v) is 11.5. The second-order valence-electron chi connectivity index (χ2n) is 7.59. The fourth-order valence-corrected chi connectivity index (χ4v) is 4.75. The highest BCUT2D eigenvalue weighted by Gasteiger charge is 2.24. The smallest absolute Gasteiger partial charge is 0.319 e. The van der Waals surface area contributed by atoms with Crippen LogP contribution in [-0.2, 0) is 9.53 Å². The zero-order valence-corrected chi connectivity index (χ0v) is 19.9. The van der Waals surface area contributed by atoms with Crippen molar-refractivity contribution in [1.29, 1.82) is 5.26 Å². The molecule has 3 N–H and O–H groups in total. The molecular weight excluding hydrogens is 442 g/mol. The third-order valence-electron chi connectivity index (χ3n) is 5.48. The Labute approximate surface area is 198 Å². The topological polar surface area (TPSA) is 116 Å². The molecule has 0 radical (unpaired) electrons. The Morgan fingerprint density at radius 2 is 1.73 bits per heavy atom. The largest absolute Gasteiger partial charge is 0.493 e. The number of nitriles is 1. The number of rotatable bonds is 9. The van der Waals surface area contributed by atoms with Crippen LogP contribution in [0.1, 0.15) is 31.2 Å². The van der Waals surface area contributed by atoms with Gasteiger partial charge in [0.25, 0.3) is 0 Å². The van der Waals surface area contributed by atoms with Crippen LogP contribution >= 0.6 is 11.8 Å². The summed E-state index contributed by atoms with van der Waals surface area (Å²) in [4.78, 5) is 13.3. The van der Waals surface area contributed by atoms with Gasteiger partial charge in [0, 0.05) is 15.8 Å². The molecule has 176 valence electrons. The van der Waals surface area contributed by atoms with E-state index in [1.54, 1.807) is 21.3 Å². The number of hydrogen-bond acceptors (Lipinski definition) is 9. The van der Waals surface area contributed by atoms with Crippen LogP contribution in [0, 0.1) is 11.3 Å². The zero-order valence-electron chi connectivity index (χ0n) is 19.1. The predicted octanol–water partition coefficient (Wildman–Crippen LogP) is 3.96. The Balaban J connectivity index is 1.73.